The average Bonchev–Trinajstić information content (AvgIpc) is 2.46. The van der Waals surface area contributed by atoms with Crippen molar-refractivity contribution in [2.45, 2.75) is 46.1 Å². The van der Waals surface area contributed by atoms with Crippen LogP contribution in [0.1, 0.15) is 37.8 Å². The van der Waals surface area contributed by atoms with E-state index in [1.54, 1.807) is 4.90 Å². The van der Waals surface area contributed by atoms with Gasteiger partial charge in [-0.3, -0.25) is 9.59 Å². The molecule has 0 saturated heterocycles. The van der Waals surface area contributed by atoms with Crippen molar-refractivity contribution in [2.24, 2.45) is 0 Å². The van der Waals surface area contributed by atoms with Gasteiger partial charge in [-0.1, -0.05) is 29.8 Å². The van der Waals surface area contributed by atoms with E-state index in [4.69, 9.17) is 0 Å². The summed E-state index contributed by atoms with van der Waals surface area (Å²) in [6.45, 7) is 6.38. The largest absolute Gasteiger partial charge is 0.469 e. The van der Waals surface area contributed by atoms with Gasteiger partial charge in [0, 0.05) is 19.0 Å². The van der Waals surface area contributed by atoms with E-state index < -0.39 is 0 Å². The first-order chi connectivity index (χ1) is 9.93. The molecule has 1 aromatic rings. The van der Waals surface area contributed by atoms with Crippen molar-refractivity contribution in [3.05, 3.63) is 35.4 Å². The maximum Gasteiger partial charge on any atom is 0.307 e. The van der Waals surface area contributed by atoms with Crippen LogP contribution >= 0.6 is 0 Å². The smallest absolute Gasteiger partial charge is 0.307 e. The third-order valence-corrected chi connectivity index (χ3v) is 3.48. The molecule has 116 valence electrons. The SMILES string of the molecule is COC(=O)CCN(C(=O)CCc1ccc(C)cc1)C(C)C. The van der Waals surface area contributed by atoms with Crippen molar-refractivity contribution in [2.75, 3.05) is 13.7 Å². The number of benzene rings is 1. The van der Waals surface area contributed by atoms with Crippen molar-refractivity contribution in [3.63, 3.8) is 0 Å². The number of amides is 1. The highest BCUT2D eigenvalue weighted by Crippen LogP contribution is 2.09. The fourth-order valence-corrected chi connectivity index (χ4v) is 2.13. The molecule has 0 unspecified atom stereocenters. The Hall–Kier alpha value is -1.84. The van der Waals surface area contributed by atoms with Crippen LogP contribution in [0.2, 0.25) is 0 Å². The normalized spacial score (nSPS) is 10.5. The van der Waals surface area contributed by atoms with Gasteiger partial charge in [0.1, 0.15) is 0 Å². The molecule has 0 aliphatic carbocycles. The summed E-state index contributed by atoms with van der Waals surface area (Å²) in [5.74, 6) is -0.207. The van der Waals surface area contributed by atoms with Crippen molar-refractivity contribution in [1.82, 2.24) is 4.90 Å². The summed E-state index contributed by atoms with van der Waals surface area (Å²) in [6, 6.07) is 8.29. The molecule has 0 aromatic heterocycles. The Bertz CT molecular complexity index is 465. The molecule has 1 rings (SSSR count). The monoisotopic (exact) mass is 291 g/mol. The predicted molar refractivity (Wildman–Crippen MR) is 83.0 cm³/mol. The minimum absolute atomic E-state index is 0.0782. The van der Waals surface area contributed by atoms with Crippen LogP contribution in [0.4, 0.5) is 0 Å². The van der Waals surface area contributed by atoms with Crippen molar-refractivity contribution in [1.29, 1.82) is 0 Å². The van der Waals surface area contributed by atoms with Crippen LogP contribution in [0.25, 0.3) is 0 Å². The molecule has 4 nitrogen and oxygen atoms in total. The van der Waals surface area contributed by atoms with Crippen molar-refractivity contribution >= 4 is 11.9 Å². The molecule has 0 N–H and O–H groups in total. The molecule has 0 bridgehead atoms. The van der Waals surface area contributed by atoms with Crippen LogP contribution in [0.3, 0.4) is 0 Å². The van der Waals surface area contributed by atoms with E-state index in [1.165, 1.54) is 12.7 Å². The van der Waals surface area contributed by atoms with Crippen LogP contribution in [0, 0.1) is 6.92 Å². The molecule has 0 radical (unpaired) electrons. The van der Waals surface area contributed by atoms with Gasteiger partial charge in [-0.2, -0.15) is 0 Å². The van der Waals surface area contributed by atoms with Crippen molar-refractivity contribution < 1.29 is 14.3 Å². The van der Waals surface area contributed by atoms with E-state index in [9.17, 15) is 9.59 Å². The van der Waals surface area contributed by atoms with Crippen LogP contribution in [-0.2, 0) is 20.7 Å². The molecular formula is C17H25NO3. The molecule has 0 fully saturated rings. The second-order valence-corrected chi connectivity index (χ2v) is 5.49. The molecule has 0 heterocycles. The quantitative estimate of drug-likeness (QED) is 0.726. The van der Waals surface area contributed by atoms with Gasteiger partial charge in [0.05, 0.1) is 13.5 Å². The topological polar surface area (TPSA) is 46.6 Å². The molecule has 0 atom stereocenters. The van der Waals surface area contributed by atoms with Crippen molar-refractivity contribution in [3.8, 4) is 0 Å². The minimum atomic E-state index is -0.285. The van der Waals surface area contributed by atoms with Gasteiger partial charge in [0.25, 0.3) is 0 Å². The summed E-state index contributed by atoms with van der Waals surface area (Å²) in [6.07, 6.45) is 1.42. The standard InChI is InChI=1S/C17H25NO3/c1-13(2)18(12-11-17(20)21-4)16(19)10-9-15-7-5-14(3)6-8-15/h5-8,13H,9-12H2,1-4H3. The Labute approximate surface area is 127 Å². The summed E-state index contributed by atoms with van der Waals surface area (Å²) < 4.78 is 4.62. The summed E-state index contributed by atoms with van der Waals surface area (Å²) >= 11 is 0. The van der Waals surface area contributed by atoms with Gasteiger partial charge < -0.3 is 9.64 Å². The summed E-state index contributed by atoms with van der Waals surface area (Å²) in [5.41, 5.74) is 2.37. The highest BCUT2D eigenvalue weighted by molar-refractivity contribution is 5.77. The number of methoxy groups -OCH3 is 1. The number of aryl methyl sites for hydroxylation is 2. The molecule has 4 heteroatoms. The number of nitrogens with zero attached hydrogens (tertiary/aromatic N) is 1. The number of carbonyl (C=O) groups is 2. The van der Waals surface area contributed by atoms with E-state index in [0.717, 1.165) is 12.0 Å². The molecule has 21 heavy (non-hydrogen) atoms. The molecule has 0 aliphatic rings. The zero-order valence-electron chi connectivity index (χ0n) is 13.4. The zero-order valence-corrected chi connectivity index (χ0v) is 13.4. The lowest BCUT2D eigenvalue weighted by Crippen LogP contribution is -2.38. The van der Waals surface area contributed by atoms with Crippen LogP contribution < -0.4 is 0 Å². The van der Waals surface area contributed by atoms with Crippen LogP contribution in [0.15, 0.2) is 24.3 Å². The summed E-state index contributed by atoms with van der Waals surface area (Å²) in [7, 11) is 1.36. The highest BCUT2D eigenvalue weighted by Gasteiger charge is 2.17. The second-order valence-electron chi connectivity index (χ2n) is 5.49. The Morgan fingerprint density at radius 3 is 2.29 bits per heavy atom. The lowest BCUT2D eigenvalue weighted by molar-refractivity contribution is -0.142. The summed E-state index contributed by atoms with van der Waals surface area (Å²) in [5, 5.41) is 0. The first-order valence-corrected chi connectivity index (χ1v) is 7.36. The van der Waals surface area contributed by atoms with Crippen LogP contribution in [0.5, 0.6) is 0 Å². The number of esters is 1. The number of carbonyl (C=O) groups excluding carboxylic acids is 2. The molecule has 1 amide bonds. The first kappa shape index (κ1) is 17.2. The van der Waals surface area contributed by atoms with Gasteiger partial charge in [0.15, 0.2) is 0 Å². The van der Waals surface area contributed by atoms with E-state index in [-0.39, 0.29) is 24.3 Å². The molecule has 0 spiro atoms. The lowest BCUT2D eigenvalue weighted by atomic mass is 10.1. The number of hydrogen-bond acceptors (Lipinski definition) is 3. The molecule has 0 aliphatic heterocycles. The van der Waals surface area contributed by atoms with Gasteiger partial charge in [-0.15, -0.1) is 0 Å². The lowest BCUT2D eigenvalue weighted by Gasteiger charge is -2.26. The first-order valence-electron chi connectivity index (χ1n) is 7.36. The Balaban J connectivity index is 2.52. The molecular weight excluding hydrogens is 266 g/mol. The minimum Gasteiger partial charge on any atom is -0.469 e. The summed E-state index contributed by atoms with van der Waals surface area (Å²) in [4.78, 5) is 25.3. The number of ether oxygens (including phenoxy) is 1. The predicted octanol–water partition coefficient (Wildman–Crippen LogP) is 2.73. The third-order valence-electron chi connectivity index (χ3n) is 3.48. The Kier molecular flexibility index (Phi) is 6.92. The maximum absolute atomic E-state index is 12.3. The number of rotatable bonds is 7. The zero-order chi connectivity index (χ0) is 15.8. The number of hydrogen-bond donors (Lipinski definition) is 0. The van der Waals surface area contributed by atoms with E-state index in [2.05, 4.69) is 29.0 Å². The Morgan fingerprint density at radius 1 is 1.14 bits per heavy atom. The van der Waals surface area contributed by atoms with Gasteiger partial charge in [-0.25, -0.2) is 0 Å². The van der Waals surface area contributed by atoms with Gasteiger partial charge in [-0.05, 0) is 32.8 Å². The highest BCUT2D eigenvalue weighted by atomic mass is 16.5. The maximum atomic E-state index is 12.3. The van der Waals surface area contributed by atoms with Gasteiger partial charge in [0.2, 0.25) is 5.91 Å². The van der Waals surface area contributed by atoms with Crippen LogP contribution in [-0.4, -0.2) is 36.5 Å². The van der Waals surface area contributed by atoms with Gasteiger partial charge >= 0.3 is 5.97 Å². The fraction of sp³-hybridized carbons (Fsp3) is 0.529. The average molecular weight is 291 g/mol. The van der Waals surface area contributed by atoms with E-state index in [1.807, 2.05) is 20.8 Å². The second kappa shape index (κ2) is 8.45. The molecule has 0 saturated carbocycles. The molecule has 1 aromatic carbocycles. The van der Waals surface area contributed by atoms with E-state index >= 15 is 0 Å². The fourth-order valence-electron chi connectivity index (χ4n) is 2.13. The Morgan fingerprint density at radius 2 is 1.76 bits per heavy atom. The third kappa shape index (κ3) is 5.98. The van der Waals surface area contributed by atoms with E-state index in [0.29, 0.717) is 13.0 Å².